The third-order valence-corrected chi connectivity index (χ3v) is 5.29. The molecule has 1 aliphatic rings. The van der Waals surface area contributed by atoms with E-state index in [1.54, 1.807) is 31.2 Å². The quantitative estimate of drug-likeness (QED) is 0.473. The lowest BCUT2D eigenvalue weighted by Gasteiger charge is -2.14. The molecular formula is C27H23NO4. The second kappa shape index (κ2) is 9.84. The van der Waals surface area contributed by atoms with E-state index in [9.17, 15) is 9.59 Å². The van der Waals surface area contributed by atoms with E-state index in [1.165, 1.54) is 22.3 Å². The van der Waals surface area contributed by atoms with Gasteiger partial charge in [-0.25, -0.2) is 9.59 Å². The van der Waals surface area contributed by atoms with Crippen molar-refractivity contribution in [3.05, 3.63) is 95.1 Å². The van der Waals surface area contributed by atoms with E-state index in [-0.39, 0.29) is 25.0 Å². The number of amides is 1. The number of rotatable bonds is 5. The van der Waals surface area contributed by atoms with Crippen molar-refractivity contribution in [3.63, 3.8) is 0 Å². The van der Waals surface area contributed by atoms with E-state index < -0.39 is 6.09 Å². The molecule has 5 nitrogen and oxygen atoms in total. The number of benzene rings is 3. The van der Waals surface area contributed by atoms with Gasteiger partial charge in [0.15, 0.2) is 0 Å². The Kier molecular flexibility index (Phi) is 6.52. The third-order valence-electron chi connectivity index (χ3n) is 5.29. The number of carbonyl (C=O) groups excluding carboxylic acids is 2. The second-order valence-corrected chi connectivity index (χ2v) is 7.28. The summed E-state index contributed by atoms with van der Waals surface area (Å²) in [4.78, 5) is 23.8. The first-order valence-electron chi connectivity index (χ1n) is 10.5. The summed E-state index contributed by atoms with van der Waals surface area (Å²) in [5.74, 6) is 5.50. The van der Waals surface area contributed by atoms with E-state index in [0.717, 1.165) is 5.56 Å². The number of fused-ring (bicyclic) bond motifs is 3. The fourth-order valence-electron chi connectivity index (χ4n) is 3.82. The van der Waals surface area contributed by atoms with Crippen molar-refractivity contribution >= 4 is 12.1 Å². The van der Waals surface area contributed by atoms with Gasteiger partial charge >= 0.3 is 12.1 Å². The highest BCUT2D eigenvalue weighted by atomic mass is 16.5. The molecule has 160 valence electrons. The highest BCUT2D eigenvalue weighted by Crippen LogP contribution is 2.44. The number of esters is 1. The molecule has 4 rings (SSSR count). The van der Waals surface area contributed by atoms with E-state index in [0.29, 0.717) is 12.2 Å². The van der Waals surface area contributed by atoms with Gasteiger partial charge < -0.3 is 14.8 Å². The molecular weight excluding hydrogens is 402 g/mol. The normalized spacial score (nSPS) is 11.5. The monoisotopic (exact) mass is 425 g/mol. The molecule has 0 aromatic heterocycles. The van der Waals surface area contributed by atoms with Crippen LogP contribution in [0.2, 0.25) is 0 Å². The first-order chi connectivity index (χ1) is 15.7. The van der Waals surface area contributed by atoms with E-state index in [4.69, 9.17) is 9.47 Å². The maximum Gasteiger partial charge on any atom is 0.407 e. The molecule has 0 bridgehead atoms. The molecule has 5 heteroatoms. The maximum atomic E-state index is 12.2. The summed E-state index contributed by atoms with van der Waals surface area (Å²) in [6, 6.07) is 23.2. The summed E-state index contributed by atoms with van der Waals surface area (Å²) in [5.41, 5.74) is 5.95. The average molecular weight is 425 g/mol. The van der Waals surface area contributed by atoms with Crippen molar-refractivity contribution in [3.8, 4) is 23.0 Å². The van der Waals surface area contributed by atoms with Crippen LogP contribution in [-0.4, -0.2) is 31.8 Å². The van der Waals surface area contributed by atoms with Gasteiger partial charge in [-0.1, -0.05) is 60.4 Å². The lowest BCUT2D eigenvalue weighted by atomic mass is 9.98. The molecule has 3 aromatic carbocycles. The summed E-state index contributed by atoms with van der Waals surface area (Å²) >= 11 is 0. The number of carbonyl (C=O) groups is 2. The van der Waals surface area contributed by atoms with Crippen LogP contribution in [-0.2, 0) is 9.47 Å². The van der Waals surface area contributed by atoms with Gasteiger partial charge in [0.2, 0.25) is 0 Å². The zero-order valence-corrected chi connectivity index (χ0v) is 17.8. The first-order valence-corrected chi connectivity index (χ1v) is 10.5. The number of nitrogens with one attached hydrogen (secondary N) is 1. The summed E-state index contributed by atoms with van der Waals surface area (Å²) in [6.07, 6.45) is -0.501. The third kappa shape index (κ3) is 4.65. The van der Waals surface area contributed by atoms with Gasteiger partial charge in [-0.2, -0.15) is 0 Å². The van der Waals surface area contributed by atoms with Crippen LogP contribution in [0, 0.1) is 11.8 Å². The van der Waals surface area contributed by atoms with Crippen LogP contribution in [0.25, 0.3) is 11.1 Å². The Balaban J connectivity index is 1.29. The standard InChI is InChI=1S/C27H23NO4/c1-2-31-26(29)20-15-13-19(14-16-20)8-7-17-28-27(30)32-18-25-23-11-5-3-9-21(23)22-10-4-6-12-24(22)25/h3-6,9-16,25H,2,17-18H2,1H3,(H,28,30). The minimum absolute atomic E-state index is 0.0251. The zero-order valence-electron chi connectivity index (χ0n) is 17.8. The Morgan fingerprint density at radius 3 is 2.12 bits per heavy atom. The molecule has 3 aromatic rings. The van der Waals surface area contributed by atoms with E-state index in [2.05, 4.69) is 41.4 Å². The number of ether oxygens (including phenoxy) is 2. The molecule has 0 unspecified atom stereocenters. The molecule has 1 aliphatic carbocycles. The number of hydrogen-bond donors (Lipinski definition) is 1. The smallest absolute Gasteiger partial charge is 0.407 e. The largest absolute Gasteiger partial charge is 0.462 e. The zero-order chi connectivity index (χ0) is 22.3. The second-order valence-electron chi connectivity index (χ2n) is 7.28. The topological polar surface area (TPSA) is 64.6 Å². The van der Waals surface area contributed by atoms with E-state index in [1.807, 2.05) is 24.3 Å². The summed E-state index contributed by atoms with van der Waals surface area (Å²) in [6.45, 7) is 2.53. The lowest BCUT2D eigenvalue weighted by molar-refractivity contribution is 0.0526. The van der Waals surface area contributed by atoms with Gasteiger partial charge in [-0.3, -0.25) is 0 Å². The first kappa shape index (κ1) is 21.2. The van der Waals surface area contributed by atoms with Crippen LogP contribution < -0.4 is 5.32 Å². The van der Waals surface area contributed by atoms with Gasteiger partial charge in [0.1, 0.15) is 6.61 Å². The molecule has 0 atom stereocenters. The van der Waals surface area contributed by atoms with Crippen molar-refractivity contribution in [2.45, 2.75) is 12.8 Å². The van der Waals surface area contributed by atoms with Gasteiger partial charge in [-0.05, 0) is 53.4 Å². The molecule has 0 spiro atoms. The number of hydrogen-bond acceptors (Lipinski definition) is 4. The lowest BCUT2D eigenvalue weighted by Crippen LogP contribution is -2.26. The Bertz CT molecular complexity index is 1140. The van der Waals surface area contributed by atoms with Gasteiger partial charge in [0.25, 0.3) is 0 Å². The molecule has 0 saturated heterocycles. The number of alkyl carbamates (subject to hydrolysis) is 1. The molecule has 0 saturated carbocycles. The van der Waals surface area contributed by atoms with Crippen LogP contribution in [0.1, 0.15) is 39.9 Å². The van der Waals surface area contributed by atoms with Crippen LogP contribution in [0.15, 0.2) is 72.8 Å². The van der Waals surface area contributed by atoms with Crippen molar-refractivity contribution < 1.29 is 19.1 Å². The Labute approximate surface area is 187 Å². The van der Waals surface area contributed by atoms with Crippen LogP contribution in [0.3, 0.4) is 0 Å². The Morgan fingerprint density at radius 1 is 0.875 bits per heavy atom. The molecule has 0 radical (unpaired) electrons. The van der Waals surface area contributed by atoms with Crippen molar-refractivity contribution in [2.24, 2.45) is 0 Å². The highest BCUT2D eigenvalue weighted by Gasteiger charge is 2.28. The predicted octanol–water partition coefficient (Wildman–Crippen LogP) is 4.75. The molecule has 0 heterocycles. The predicted molar refractivity (Wildman–Crippen MR) is 122 cm³/mol. The fourth-order valence-corrected chi connectivity index (χ4v) is 3.82. The van der Waals surface area contributed by atoms with Crippen molar-refractivity contribution in [1.82, 2.24) is 5.32 Å². The SMILES string of the molecule is CCOC(=O)c1ccc(C#CCNC(=O)OCC2c3ccccc3-c3ccccc32)cc1. The van der Waals surface area contributed by atoms with Gasteiger partial charge in [0, 0.05) is 11.5 Å². The van der Waals surface area contributed by atoms with Gasteiger partial charge in [0.05, 0.1) is 18.7 Å². The summed E-state index contributed by atoms with van der Waals surface area (Å²) < 4.78 is 10.4. The van der Waals surface area contributed by atoms with E-state index >= 15 is 0 Å². The summed E-state index contributed by atoms with van der Waals surface area (Å²) in [5, 5.41) is 2.66. The minimum atomic E-state index is -0.501. The van der Waals surface area contributed by atoms with Crippen molar-refractivity contribution in [1.29, 1.82) is 0 Å². The van der Waals surface area contributed by atoms with Crippen molar-refractivity contribution in [2.75, 3.05) is 19.8 Å². The minimum Gasteiger partial charge on any atom is -0.462 e. The Hall–Kier alpha value is -4.04. The molecule has 1 N–H and O–H groups in total. The maximum absolute atomic E-state index is 12.2. The Morgan fingerprint density at radius 2 is 1.50 bits per heavy atom. The molecule has 1 amide bonds. The highest BCUT2D eigenvalue weighted by molar-refractivity contribution is 5.89. The van der Waals surface area contributed by atoms with Gasteiger partial charge in [-0.15, -0.1) is 0 Å². The summed E-state index contributed by atoms with van der Waals surface area (Å²) in [7, 11) is 0. The molecule has 0 fully saturated rings. The molecule has 32 heavy (non-hydrogen) atoms. The molecule has 0 aliphatic heterocycles. The van der Waals surface area contributed by atoms with Crippen LogP contribution in [0.4, 0.5) is 4.79 Å². The van der Waals surface area contributed by atoms with Crippen LogP contribution in [0.5, 0.6) is 0 Å². The fraction of sp³-hybridized carbons (Fsp3) is 0.185. The van der Waals surface area contributed by atoms with Crippen LogP contribution >= 0.6 is 0 Å². The average Bonchev–Trinajstić information content (AvgIpc) is 3.15.